The van der Waals surface area contributed by atoms with Gasteiger partial charge in [0, 0.05) is 24.7 Å². The Morgan fingerprint density at radius 3 is 1.73 bits per heavy atom. The van der Waals surface area contributed by atoms with Crippen LogP contribution in [0.3, 0.4) is 0 Å². The highest BCUT2D eigenvalue weighted by Crippen LogP contribution is 2.29. The van der Waals surface area contributed by atoms with E-state index in [9.17, 15) is 14.9 Å². The van der Waals surface area contributed by atoms with E-state index in [0.29, 0.717) is 5.56 Å². The summed E-state index contributed by atoms with van der Waals surface area (Å²) >= 11 is 0. The van der Waals surface area contributed by atoms with Gasteiger partial charge in [-0.15, -0.1) is 0 Å². The predicted octanol–water partition coefficient (Wildman–Crippen LogP) is 4.46. The molecule has 0 N–H and O–H groups in total. The molecule has 3 aromatic carbocycles. The molecule has 0 aliphatic rings. The minimum atomic E-state index is -0.477. The molecule has 0 bridgehead atoms. The number of amides is 1. The van der Waals surface area contributed by atoms with E-state index in [0.717, 1.165) is 11.1 Å². The number of benzene rings is 3. The molecule has 0 radical (unpaired) electrons. The lowest BCUT2D eigenvalue weighted by Crippen LogP contribution is -2.32. The smallest absolute Gasteiger partial charge is 0.269 e. The number of nitro benzene ring substituents is 1. The van der Waals surface area contributed by atoms with Crippen molar-refractivity contribution in [2.24, 2.45) is 0 Å². The SMILES string of the molecule is CN(C(=O)c1ccc([N+](=O)[O-])cc1)C(c1ccccc1)c1ccccc1. The van der Waals surface area contributed by atoms with E-state index in [4.69, 9.17) is 0 Å². The van der Waals surface area contributed by atoms with Crippen molar-refractivity contribution in [2.75, 3.05) is 7.05 Å². The van der Waals surface area contributed by atoms with Crippen molar-refractivity contribution in [1.29, 1.82) is 0 Å². The number of hydrogen-bond acceptors (Lipinski definition) is 3. The van der Waals surface area contributed by atoms with E-state index in [1.165, 1.54) is 24.3 Å². The molecular formula is C21H18N2O3. The van der Waals surface area contributed by atoms with Crippen LogP contribution in [0.25, 0.3) is 0 Å². The number of carbonyl (C=O) groups is 1. The second-order valence-corrected chi connectivity index (χ2v) is 5.94. The Kier molecular flexibility index (Phi) is 5.08. The number of hydrogen-bond donors (Lipinski definition) is 0. The van der Waals surface area contributed by atoms with Gasteiger partial charge >= 0.3 is 0 Å². The van der Waals surface area contributed by atoms with E-state index in [1.807, 2.05) is 60.7 Å². The number of nitrogens with zero attached hydrogens (tertiary/aromatic N) is 2. The summed E-state index contributed by atoms with van der Waals surface area (Å²) in [5.41, 5.74) is 2.37. The maximum atomic E-state index is 13.0. The molecule has 0 aliphatic heterocycles. The van der Waals surface area contributed by atoms with Crippen LogP contribution in [0.1, 0.15) is 27.5 Å². The highest BCUT2D eigenvalue weighted by atomic mass is 16.6. The van der Waals surface area contributed by atoms with E-state index in [2.05, 4.69) is 0 Å². The second-order valence-electron chi connectivity index (χ2n) is 5.94. The standard InChI is InChI=1S/C21H18N2O3/c1-22(21(24)18-12-14-19(15-13-18)23(25)26)20(16-8-4-2-5-9-16)17-10-6-3-7-11-17/h2-15,20H,1H3. The van der Waals surface area contributed by atoms with Crippen LogP contribution in [-0.4, -0.2) is 22.8 Å². The largest absolute Gasteiger partial charge is 0.331 e. The minimum absolute atomic E-state index is 0.0353. The Morgan fingerprint density at radius 1 is 0.846 bits per heavy atom. The van der Waals surface area contributed by atoms with Crippen molar-refractivity contribution in [1.82, 2.24) is 4.90 Å². The van der Waals surface area contributed by atoms with Crippen LogP contribution < -0.4 is 0 Å². The van der Waals surface area contributed by atoms with Crippen LogP contribution >= 0.6 is 0 Å². The number of carbonyl (C=O) groups excluding carboxylic acids is 1. The molecular weight excluding hydrogens is 328 g/mol. The Morgan fingerprint density at radius 2 is 1.31 bits per heavy atom. The van der Waals surface area contributed by atoms with Gasteiger partial charge in [-0.3, -0.25) is 14.9 Å². The van der Waals surface area contributed by atoms with Gasteiger partial charge in [-0.2, -0.15) is 0 Å². The third-order valence-corrected chi connectivity index (χ3v) is 4.26. The van der Waals surface area contributed by atoms with Gasteiger partial charge in [0.2, 0.25) is 0 Å². The van der Waals surface area contributed by atoms with E-state index >= 15 is 0 Å². The first kappa shape index (κ1) is 17.4. The first-order valence-electron chi connectivity index (χ1n) is 8.19. The summed E-state index contributed by atoms with van der Waals surface area (Å²) in [5.74, 6) is -0.197. The molecule has 0 spiro atoms. The number of rotatable bonds is 5. The molecule has 0 atom stereocenters. The molecule has 3 aromatic rings. The average molecular weight is 346 g/mol. The maximum absolute atomic E-state index is 13.0. The molecule has 0 heterocycles. The first-order valence-corrected chi connectivity index (χ1v) is 8.19. The van der Waals surface area contributed by atoms with Crippen LogP contribution in [0.5, 0.6) is 0 Å². The molecule has 0 aromatic heterocycles. The average Bonchev–Trinajstić information content (AvgIpc) is 2.69. The van der Waals surface area contributed by atoms with Crippen LogP contribution in [0.2, 0.25) is 0 Å². The first-order chi connectivity index (χ1) is 12.6. The maximum Gasteiger partial charge on any atom is 0.269 e. The predicted molar refractivity (Wildman–Crippen MR) is 99.9 cm³/mol. The zero-order chi connectivity index (χ0) is 18.5. The van der Waals surface area contributed by atoms with Crippen LogP contribution in [-0.2, 0) is 0 Å². The van der Waals surface area contributed by atoms with Crippen molar-refractivity contribution in [2.45, 2.75) is 6.04 Å². The van der Waals surface area contributed by atoms with Crippen molar-refractivity contribution in [3.63, 3.8) is 0 Å². The third kappa shape index (κ3) is 3.62. The monoisotopic (exact) mass is 346 g/mol. The number of nitro groups is 1. The fourth-order valence-electron chi connectivity index (χ4n) is 2.96. The van der Waals surface area contributed by atoms with Crippen LogP contribution in [0.15, 0.2) is 84.9 Å². The summed E-state index contributed by atoms with van der Waals surface area (Å²) in [6.45, 7) is 0. The zero-order valence-electron chi connectivity index (χ0n) is 14.3. The van der Waals surface area contributed by atoms with Gasteiger partial charge in [-0.1, -0.05) is 60.7 Å². The van der Waals surface area contributed by atoms with Gasteiger partial charge in [-0.25, -0.2) is 0 Å². The van der Waals surface area contributed by atoms with Crippen LogP contribution in [0, 0.1) is 10.1 Å². The third-order valence-electron chi connectivity index (χ3n) is 4.26. The van der Waals surface area contributed by atoms with Crippen molar-refractivity contribution in [3.8, 4) is 0 Å². The van der Waals surface area contributed by atoms with Crippen molar-refractivity contribution >= 4 is 11.6 Å². The van der Waals surface area contributed by atoms with Crippen LogP contribution in [0.4, 0.5) is 5.69 Å². The van der Waals surface area contributed by atoms with Gasteiger partial charge in [0.05, 0.1) is 11.0 Å². The summed E-state index contributed by atoms with van der Waals surface area (Å²) < 4.78 is 0. The summed E-state index contributed by atoms with van der Waals surface area (Å²) in [7, 11) is 1.74. The lowest BCUT2D eigenvalue weighted by molar-refractivity contribution is -0.384. The lowest BCUT2D eigenvalue weighted by Gasteiger charge is -2.29. The second kappa shape index (κ2) is 7.61. The molecule has 5 heteroatoms. The summed E-state index contributed by atoms with van der Waals surface area (Å²) in [6, 6.07) is 25.0. The highest BCUT2D eigenvalue weighted by molar-refractivity contribution is 5.94. The van der Waals surface area contributed by atoms with Crippen molar-refractivity contribution < 1.29 is 9.72 Å². The van der Waals surface area contributed by atoms with E-state index in [1.54, 1.807) is 11.9 Å². The van der Waals surface area contributed by atoms with Gasteiger partial charge < -0.3 is 4.90 Å². The fourth-order valence-corrected chi connectivity index (χ4v) is 2.96. The number of non-ortho nitro benzene ring substituents is 1. The lowest BCUT2D eigenvalue weighted by atomic mass is 9.97. The van der Waals surface area contributed by atoms with E-state index in [-0.39, 0.29) is 17.6 Å². The van der Waals surface area contributed by atoms with Gasteiger partial charge in [0.25, 0.3) is 11.6 Å². The molecule has 5 nitrogen and oxygen atoms in total. The molecule has 0 unspecified atom stereocenters. The Bertz CT molecular complexity index is 854. The van der Waals surface area contributed by atoms with E-state index < -0.39 is 4.92 Å². The molecule has 0 aliphatic carbocycles. The zero-order valence-corrected chi connectivity index (χ0v) is 14.3. The quantitative estimate of drug-likeness (QED) is 0.506. The highest BCUT2D eigenvalue weighted by Gasteiger charge is 2.24. The molecule has 130 valence electrons. The fraction of sp³-hybridized carbons (Fsp3) is 0.0952. The molecule has 0 saturated heterocycles. The Labute approximate surface area is 151 Å². The molecule has 1 amide bonds. The minimum Gasteiger partial charge on any atom is -0.331 e. The Hall–Kier alpha value is -3.47. The Balaban J connectivity index is 1.96. The molecule has 0 saturated carbocycles. The molecule has 0 fully saturated rings. The molecule has 3 rings (SSSR count). The van der Waals surface area contributed by atoms with Crippen molar-refractivity contribution in [3.05, 3.63) is 112 Å². The summed E-state index contributed by atoms with van der Waals surface area (Å²) in [5, 5.41) is 10.8. The van der Waals surface area contributed by atoms with Gasteiger partial charge in [-0.05, 0) is 23.3 Å². The van der Waals surface area contributed by atoms with Gasteiger partial charge in [0.15, 0.2) is 0 Å². The summed E-state index contributed by atoms with van der Waals surface area (Å²) in [6.07, 6.45) is 0. The molecule has 26 heavy (non-hydrogen) atoms. The van der Waals surface area contributed by atoms with Gasteiger partial charge in [0.1, 0.15) is 0 Å². The topological polar surface area (TPSA) is 63.5 Å². The summed E-state index contributed by atoms with van der Waals surface area (Å²) in [4.78, 5) is 25.0. The normalized spacial score (nSPS) is 10.5.